The molecule has 53 valence electrons. The summed E-state index contributed by atoms with van der Waals surface area (Å²) in [6.45, 7) is 0. The van der Waals surface area contributed by atoms with E-state index in [0.29, 0.717) is 5.69 Å². The molecule has 0 N–H and O–H groups in total. The number of aromatic nitrogens is 1. The lowest BCUT2D eigenvalue weighted by molar-refractivity contribution is 0.0590. The Bertz CT molecular complexity index is 240. The molecule has 0 aliphatic heterocycles. The molecule has 10 heavy (non-hydrogen) atoms. The van der Waals surface area contributed by atoms with E-state index in [-0.39, 0.29) is 5.97 Å². The molecule has 0 amide bonds. The molecule has 3 heteroatoms. The van der Waals surface area contributed by atoms with Crippen LogP contribution in [-0.2, 0) is 11.8 Å². The lowest BCUT2D eigenvalue weighted by atomic mass is 10.4. The summed E-state index contributed by atoms with van der Waals surface area (Å²) in [4.78, 5) is 10.8. The van der Waals surface area contributed by atoms with E-state index < -0.39 is 0 Å². The Kier molecular flexibility index (Phi) is 1.76. The van der Waals surface area contributed by atoms with Crippen LogP contribution in [-0.4, -0.2) is 17.6 Å². The Labute approximate surface area is 59.2 Å². The van der Waals surface area contributed by atoms with E-state index in [2.05, 4.69) is 10.8 Å². The molecule has 1 radical (unpaired) electrons. The van der Waals surface area contributed by atoms with Crippen molar-refractivity contribution in [2.24, 2.45) is 7.05 Å². The van der Waals surface area contributed by atoms with Crippen molar-refractivity contribution in [1.29, 1.82) is 0 Å². The first kappa shape index (κ1) is 6.86. The summed E-state index contributed by atoms with van der Waals surface area (Å²) in [6.07, 6.45) is 1.67. The van der Waals surface area contributed by atoms with E-state index >= 15 is 0 Å². The molecular weight excluding hydrogens is 130 g/mol. The summed E-state index contributed by atoms with van der Waals surface area (Å²) in [5.74, 6) is -0.330. The van der Waals surface area contributed by atoms with Crippen LogP contribution in [0.25, 0.3) is 0 Å². The van der Waals surface area contributed by atoms with Gasteiger partial charge in [-0.1, -0.05) is 0 Å². The van der Waals surface area contributed by atoms with Gasteiger partial charge in [-0.2, -0.15) is 0 Å². The summed E-state index contributed by atoms with van der Waals surface area (Å²) < 4.78 is 6.15. The van der Waals surface area contributed by atoms with Crippen LogP contribution in [0.3, 0.4) is 0 Å². The van der Waals surface area contributed by atoms with Crippen LogP contribution >= 0.6 is 0 Å². The topological polar surface area (TPSA) is 31.2 Å². The summed E-state index contributed by atoms with van der Waals surface area (Å²) in [7, 11) is 3.12. The van der Waals surface area contributed by atoms with E-state index in [4.69, 9.17) is 0 Å². The molecule has 1 aromatic heterocycles. The van der Waals surface area contributed by atoms with Crippen molar-refractivity contribution < 1.29 is 9.53 Å². The molecule has 0 aliphatic rings. The predicted octanol–water partition coefficient (Wildman–Crippen LogP) is 0.612. The second kappa shape index (κ2) is 2.56. The van der Waals surface area contributed by atoms with Gasteiger partial charge in [-0.05, 0) is 6.07 Å². The van der Waals surface area contributed by atoms with Gasteiger partial charge in [0.05, 0.1) is 7.11 Å². The number of rotatable bonds is 1. The standard InChI is InChI=1S/C7H8NO2/c1-8-5-3-4-6(8)7(9)10-2/h4-5H,1-2H3. The summed E-state index contributed by atoms with van der Waals surface area (Å²) in [5, 5.41) is 0. The third-order valence-electron chi connectivity index (χ3n) is 1.26. The van der Waals surface area contributed by atoms with Crippen LogP contribution in [0.15, 0.2) is 12.3 Å². The highest BCUT2D eigenvalue weighted by Crippen LogP contribution is 1.99. The van der Waals surface area contributed by atoms with Crippen molar-refractivity contribution in [3.8, 4) is 0 Å². The van der Waals surface area contributed by atoms with Crippen LogP contribution in [0, 0.1) is 6.07 Å². The first-order valence-electron chi connectivity index (χ1n) is 2.86. The zero-order valence-corrected chi connectivity index (χ0v) is 5.92. The molecule has 1 heterocycles. The average Bonchev–Trinajstić information content (AvgIpc) is 2.34. The van der Waals surface area contributed by atoms with Gasteiger partial charge in [0.25, 0.3) is 0 Å². The number of nitrogens with zero attached hydrogens (tertiary/aromatic N) is 1. The van der Waals surface area contributed by atoms with Crippen molar-refractivity contribution in [3.63, 3.8) is 0 Å². The molecule has 1 aromatic rings. The zero-order chi connectivity index (χ0) is 7.56. The minimum atomic E-state index is -0.330. The van der Waals surface area contributed by atoms with Crippen LogP contribution in [0.5, 0.6) is 0 Å². The number of methoxy groups -OCH3 is 1. The normalized spacial score (nSPS) is 9.40. The third kappa shape index (κ3) is 1.03. The maximum atomic E-state index is 10.8. The molecule has 0 fully saturated rings. The summed E-state index contributed by atoms with van der Waals surface area (Å²) in [6, 6.07) is 4.36. The maximum absolute atomic E-state index is 10.8. The van der Waals surface area contributed by atoms with Crippen LogP contribution < -0.4 is 0 Å². The molecule has 0 spiro atoms. The van der Waals surface area contributed by atoms with Gasteiger partial charge in [0.15, 0.2) is 0 Å². The minimum Gasteiger partial charge on any atom is -0.464 e. The van der Waals surface area contributed by atoms with Crippen LogP contribution in [0.1, 0.15) is 10.5 Å². The number of carbonyl (C=O) groups is 1. The second-order valence-corrected chi connectivity index (χ2v) is 1.93. The van der Waals surface area contributed by atoms with E-state index in [9.17, 15) is 4.79 Å². The summed E-state index contributed by atoms with van der Waals surface area (Å²) in [5.41, 5.74) is 0.516. The maximum Gasteiger partial charge on any atom is 0.354 e. The quantitative estimate of drug-likeness (QED) is 0.532. The number of hydrogen-bond acceptors (Lipinski definition) is 2. The van der Waals surface area contributed by atoms with Crippen molar-refractivity contribution in [2.45, 2.75) is 0 Å². The van der Waals surface area contributed by atoms with E-state index in [0.717, 1.165) is 0 Å². The lowest BCUT2D eigenvalue weighted by Gasteiger charge is -1.98. The average molecular weight is 138 g/mol. The monoisotopic (exact) mass is 138 g/mol. The van der Waals surface area contributed by atoms with E-state index in [1.165, 1.54) is 7.11 Å². The number of aryl methyl sites for hydroxylation is 1. The van der Waals surface area contributed by atoms with Gasteiger partial charge >= 0.3 is 5.97 Å². The molecule has 0 saturated carbocycles. The Morgan fingerprint density at radius 3 is 2.90 bits per heavy atom. The fraction of sp³-hybridized carbons (Fsp3) is 0.286. The first-order chi connectivity index (χ1) is 4.75. The minimum absolute atomic E-state index is 0.330. The smallest absolute Gasteiger partial charge is 0.354 e. The van der Waals surface area contributed by atoms with Crippen molar-refractivity contribution >= 4 is 5.97 Å². The molecule has 0 atom stereocenters. The van der Waals surface area contributed by atoms with Crippen molar-refractivity contribution in [2.75, 3.05) is 7.11 Å². The summed E-state index contributed by atoms with van der Waals surface area (Å²) >= 11 is 0. The molecule has 0 aromatic carbocycles. The van der Waals surface area contributed by atoms with Crippen molar-refractivity contribution in [3.05, 3.63) is 24.0 Å². The number of carbonyl (C=O) groups excluding carboxylic acids is 1. The van der Waals surface area contributed by atoms with Gasteiger partial charge < -0.3 is 9.30 Å². The number of ether oxygens (including phenoxy) is 1. The third-order valence-corrected chi connectivity index (χ3v) is 1.26. The van der Waals surface area contributed by atoms with Crippen molar-refractivity contribution in [1.82, 2.24) is 4.57 Å². The Hall–Kier alpha value is -1.25. The Balaban J connectivity index is 2.93. The predicted molar refractivity (Wildman–Crippen MR) is 35.6 cm³/mol. The Morgan fingerprint density at radius 1 is 1.80 bits per heavy atom. The lowest BCUT2D eigenvalue weighted by Crippen LogP contribution is -2.06. The van der Waals surface area contributed by atoms with Crippen LogP contribution in [0.4, 0.5) is 0 Å². The van der Waals surface area contributed by atoms with Gasteiger partial charge in [-0.3, -0.25) is 0 Å². The van der Waals surface area contributed by atoms with Gasteiger partial charge in [-0.25, -0.2) is 4.79 Å². The molecule has 3 nitrogen and oxygen atoms in total. The second-order valence-electron chi connectivity index (χ2n) is 1.93. The largest absolute Gasteiger partial charge is 0.464 e. The van der Waals surface area contributed by atoms with Gasteiger partial charge in [0.2, 0.25) is 0 Å². The van der Waals surface area contributed by atoms with Crippen LogP contribution in [0.2, 0.25) is 0 Å². The molecule has 1 rings (SSSR count). The van der Waals surface area contributed by atoms with Gasteiger partial charge in [0, 0.05) is 19.3 Å². The highest BCUT2D eigenvalue weighted by Gasteiger charge is 2.06. The zero-order valence-electron chi connectivity index (χ0n) is 5.92. The Morgan fingerprint density at radius 2 is 2.50 bits per heavy atom. The van der Waals surface area contributed by atoms with E-state index in [1.54, 1.807) is 23.9 Å². The first-order valence-corrected chi connectivity index (χ1v) is 2.86. The van der Waals surface area contributed by atoms with Gasteiger partial charge in [-0.15, -0.1) is 0 Å². The fourth-order valence-corrected chi connectivity index (χ4v) is 0.707. The van der Waals surface area contributed by atoms with E-state index in [1.807, 2.05) is 0 Å². The molecule has 0 unspecified atom stereocenters. The molecular formula is C7H8NO2. The highest BCUT2D eigenvalue weighted by molar-refractivity contribution is 5.87. The number of esters is 1. The van der Waals surface area contributed by atoms with Gasteiger partial charge in [0.1, 0.15) is 5.69 Å². The number of hydrogen-bond donors (Lipinski definition) is 0. The molecule has 0 bridgehead atoms. The molecule has 0 saturated heterocycles. The SMILES string of the molecule is COC(=O)c1c[c]cn1C. The fourth-order valence-electron chi connectivity index (χ4n) is 0.707. The molecule has 0 aliphatic carbocycles. The highest BCUT2D eigenvalue weighted by atomic mass is 16.5.